The lowest BCUT2D eigenvalue weighted by molar-refractivity contribution is 0.310. The van der Waals surface area contributed by atoms with Crippen LogP contribution in [-0.4, -0.2) is 38.4 Å². The van der Waals surface area contributed by atoms with Crippen LogP contribution < -0.4 is 5.32 Å². The molecule has 106 valence electrons. The van der Waals surface area contributed by atoms with Crippen LogP contribution in [0.3, 0.4) is 0 Å². The van der Waals surface area contributed by atoms with Crippen LogP contribution in [0.15, 0.2) is 47.4 Å². The number of fused-ring (bicyclic) bond motifs is 1. The van der Waals surface area contributed by atoms with Gasteiger partial charge in [-0.05, 0) is 18.4 Å². The molecule has 5 heteroatoms. The highest BCUT2D eigenvalue weighted by Crippen LogP contribution is 2.26. The second-order valence-corrected chi connectivity index (χ2v) is 7.10. The van der Waals surface area contributed by atoms with Crippen LogP contribution >= 0.6 is 0 Å². The van der Waals surface area contributed by atoms with E-state index in [4.69, 9.17) is 0 Å². The van der Waals surface area contributed by atoms with Gasteiger partial charge in [-0.2, -0.15) is 4.31 Å². The Morgan fingerprint density at radius 3 is 2.70 bits per heavy atom. The number of hydrogen-bond donors (Lipinski definition) is 1. The molecule has 2 aromatic carbocycles. The summed E-state index contributed by atoms with van der Waals surface area (Å²) >= 11 is 0. The molecule has 0 amide bonds. The van der Waals surface area contributed by atoms with Crippen molar-refractivity contribution in [1.29, 1.82) is 0 Å². The second-order valence-electron chi connectivity index (χ2n) is 5.20. The molecule has 4 nitrogen and oxygen atoms in total. The number of benzene rings is 2. The topological polar surface area (TPSA) is 49.4 Å². The van der Waals surface area contributed by atoms with Crippen molar-refractivity contribution in [3.63, 3.8) is 0 Å². The molecule has 0 saturated carbocycles. The summed E-state index contributed by atoms with van der Waals surface area (Å²) in [6, 6.07) is 13.2. The molecule has 0 aliphatic carbocycles. The lowest BCUT2D eigenvalue weighted by Crippen LogP contribution is -2.51. The quantitative estimate of drug-likeness (QED) is 0.918. The fraction of sp³-hybridized carbons (Fsp3) is 0.333. The molecule has 1 saturated heterocycles. The third kappa shape index (κ3) is 2.32. The molecule has 2 aromatic rings. The van der Waals surface area contributed by atoms with Gasteiger partial charge in [0.25, 0.3) is 0 Å². The Balaban J connectivity index is 2.09. The molecule has 0 radical (unpaired) electrons. The molecule has 0 aromatic heterocycles. The van der Waals surface area contributed by atoms with E-state index in [-0.39, 0.29) is 6.04 Å². The van der Waals surface area contributed by atoms with Crippen LogP contribution in [0.4, 0.5) is 0 Å². The molecule has 0 bridgehead atoms. The van der Waals surface area contributed by atoms with Gasteiger partial charge in [-0.25, -0.2) is 8.42 Å². The summed E-state index contributed by atoms with van der Waals surface area (Å²) in [4.78, 5) is 0.407. The summed E-state index contributed by atoms with van der Waals surface area (Å²) < 4.78 is 27.3. The van der Waals surface area contributed by atoms with Crippen molar-refractivity contribution in [3.8, 4) is 0 Å². The molecule has 1 fully saturated rings. The summed E-state index contributed by atoms with van der Waals surface area (Å²) in [6.45, 7) is 3.75. The molecule has 1 heterocycles. The zero-order valence-electron chi connectivity index (χ0n) is 11.4. The van der Waals surface area contributed by atoms with Crippen molar-refractivity contribution in [3.05, 3.63) is 42.5 Å². The summed E-state index contributed by atoms with van der Waals surface area (Å²) in [7, 11) is -3.43. The highest BCUT2D eigenvalue weighted by molar-refractivity contribution is 7.89. The average molecular weight is 290 g/mol. The maximum Gasteiger partial charge on any atom is 0.243 e. The van der Waals surface area contributed by atoms with Gasteiger partial charge in [-0.3, -0.25) is 0 Å². The van der Waals surface area contributed by atoms with Gasteiger partial charge in [-0.15, -0.1) is 0 Å². The monoisotopic (exact) mass is 290 g/mol. The first-order valence-corrected chi connectivity index (χ1v) is 8.24. The van der Waals surface area contributed by atoms with E-state index in [1.807, 2.05) is 37.3 Å². The zero-order chi connectivity index (χ0) is 14.2. The minimum atomic E-state index is -3.43. The first kappa shape index (κ1) is 13.5. The molecular weight excluding hydrogens is 272 g/mol. The van der Waals surface area contributed by atoms with E-state index in [2.05, 4.69) is 5.32 Å². The Morgan fingerprint density at radius 2 is 1.90 bits per heavy atom. The lowest BCUT2D eigenvalue weighted by Gasteiger charge is -2.31. The van der Waals surface area contributed by atoms with E-state index in [1.165, 1.54) is 0 Å². The predicted molar refractivity (Wildman–Crippen MR) is 80.2 cm³/mol. The van der Waals surface area contributed by atoms with Crippen molar-refractivity contribution in [2.45, 2.75) is 17.9 Å². The van der Waals surface area contributed by atoms with Gasteiger partial charge in [0.1, 0.15) is 0 Å². The SMILES string of the molecule is CC1CN(S(=O)(=O)c2cccc3ccccc23)CCN1. The largest absolute Gasteiger partial charge is 0.312 e. The van der Waals surface area contributed by atoms with Gasteiger partial charge < -0.3 is 5.32 Å². The zero-order valence-corrected chi connectivity index (χ0v) is 12.2. The molecule has 20 heavy (non-hydrogen) atoms. The standard InChI is InChI=1S/C15H18N2O2S/c1-12-11-17(10-9-16-12)20(18,19)15-8-4-6-13-5-2-3-7-14(13)15/h2-8,12,16H,9-11H2,1H3. The van der Waals surface area contributed by atoms with Crippen LogP contribution in [0.1, 0.15) is 6.92 Å². The third-order valence-electron chi connectivity index (χ3n) is 3.70. The summed E-state index contributed by atoms with van der Waals surface area (Å²) in [5.74, 6) is 0. The summed E-state index contributed by atoms with van der Waals surface area (Å²) in [5.41, 5.74) is 0. The van der Waals surface area contributed by atoms with Crippen LogP contribution in [-0.2, 0) is 10.0 Å². The fourth-order valence-electron chi connectivity index (χ4n) is 2.67. The first-order chi connectivity index (χ1) is 9.59. The molecule has 1 atom stereocenters. The molecule has 1 aliphatic heterocycles. The Labute approximate surface area is 119 Å². The summed E-state index contributed by atoms with van der Waals surface area (Å²) in [5, 5.41) is 5.01. The Bertz CT molecular complexity index is 722. The number of nitrogens with one attached hydrogen (secondary N) is 1. The molecule has 1 unspecified atom stereocenters. The normalized spacial score (nSPS) is 21.1. The van der Waals surface area contributed by atoms with Crippen molar-refractivity contribution >= 4 is 20.8 Å². The highest BCUT2D eigenvalue weighted by Gasteiger charge is 2.29. The van der Waals surface area contributed by atoms with Crippen LogP contribution in [0.2, 0.25) is 0 Å². The smallest absolute Gasteiger partial charge is 0.243 e. The van der Waals surface area contributed by atoms with E-state index in [9.17, 15) is 8.42 Å². The van der Waals surface area contributed by atoms with Gasteiger partial charge in [0, 0.05) is 31.1 Å². The molecule has 1 N–H and O–H groups in total. The molecule has 0 spiro atoms. The van der Waals surface area contributed by atoms with E-state index in [0.717, 1.165) is 10.8 Å². The summed E-state index contributed by atoms with van der Waals surface area (Å²) in [6.07, 6.45) is 0. The lowest BCUT2D eigenvalue weighted by atomic mass is 10.1. The van der Waals surface area contributed by atoms with Crippen molar-refractivity contribution < 1.29 is 8.42 Å². The maximum absolute atomic E-state index is 12.8. The van der Waals surface area contributed by atoms with Gasteiger partial charge in [-0.1, -0.05) is 36.4 Å². The maximum atomic E-state index is 12.8. The predicted octanol–water partition coefficient (Wildman–Crippen LogP) is 1.82. The minimum absolute atomic E-state index is 0.188. The van der Waals surface area contributed by atoms with Gasteiger partial charge in [0.2, 0.25) is 10.0 Å². The van der Waals surface area contributed by atoms with Crippen LogP contribution in [0.25, 0.3) is 10.8 Å². The Kier molecular flexibility index (Phi) is 3.50. The number of rotatable bonds is 2. The molecule has 3 rings (SSSR count). The Morgan fingerprint density at radius 1 is 1.15 bits per heavy atom. The van der Waals surface area contributed by atoms with Crippen molar-refractivity contribution in [1.82, 2.24) is 9.62 Å². The van der Waals surface area contributed by atoms with E-state index < -0.39 is 10.0 Å². The number of nitrogens with zero attached hydrogens (tertiary/aromatic N) is 1. The highest BCUT2D eigenvalue weighted by atomic mass is 32.2. The van der Waals surface area contributed by atoms with Crippen LogP contribution in [0.5, 0.6) is 0 Å². The van der Waals surface area contributed by atoms with Gasteiger partial charge >= 0.3 is 0 Å². The molecular formula is C15H18N2O2S. The average Bonchev–Trinajstić information content (AvgIpc) is 2.46. The number of piperazine rings is 1. The third-order valence-corrected chi connectivity index (χ3v) is 5.62. The minimum Gasteiger partial charge on any atom is -0.312 e. The first-order valence-electron chi connectivity index (χ1n) is 6.80. The van der Waals surface area contributed by atoms with Gasteiger partial charge in [0.15, 0.2) is 0 Å². The van der Waals surface area contributed by atoms with E-state index in [0.29, 0.717) is 24.5 Å². The second kappa shape index (κ2) is 5.16. The number of hydrogen-bond acceptors (Lipinski definition) is 3. The Hall–Kier alpha value is -1.43. The van der Waals surface area contributed by atoms with Crippen LogP contribution in [0, 0.1) is 0 Å². The van der Waals surface area contributed by atoms with E-state index >= 15 is 0 Å². The van der Waals surface area contributed by atoms with Crippen molar-refractivity contribution in [2.24, 2.45) is 0 Å². The van der Waals surface area contributed by atoms with Crippen molar-refractivity contribution in [2.75, 3.05) is 19.6 Å². The van der Waals surface area contributed by atoms with E-state index in [1.54, 1.807) is 16.4 Å². The fourth-order valence-corrected chi connectivity index (χ4v) is 4.42. The molecule has 1 aliphatic rings. The van der Waals surface area contributed by atoms with Gasteiger partial charge in [0.05, 0.1) is 4.90 Å². The number of sulfonamides is 1.